The maximum Gasteiger partial charge on any atom is 0.219 e. The first-order chi connectivity index (χ1) is 16.6. The third-order valence-electron chi connectivity index (χ3n) is 5.39. The molecule has 2 rings (SSSR count). The van der Waals surface area contributed by atoms with E-state index in [2.05, 4.69) is 19.2 Å². The van der Waals surface area contributed by atoms with Crippen LogP contribution < -0.4 is 5.32 Å². The molecule has 3 amide bonds. The van der Waals surface area contributed by atoms with Crippen LogP contribution in [0.1, 0.15) is 102 Å². The van der Waals surface area contributed by atoms with E-state index in [0.29, 0.717) is 18.6 Å². The van der Waals surface area contributed by atoms with E-state index >= 15 is 0 Å². The predicted molar refractivity (Wildman–Crippen MR) is 151 cm³/mol. The van der Waals surface area contributed by atoms with Crippen molar-refractivity contribution in [3.05, 3.63) is 36.0 Å². The highest BCUT2D eigenvalue weighted by Gasteiger charge is 2.28. The molecule has 0 radical (unpaired) electrons. The van der Waals surface area contributed by atoms with Gasteiger partial charge in [0.1, 0.15) is 0 Å². The predicted octanol–water partition coefficient (Wildman–Crippen LogP) is 6.29. The Morgan fingerprint density at radius 1 is 0.829 bits per heavy atom. The Morgan fingerprint density at radius 3 is 1.60 bits per heavy atom. The Labute approximate surface area is 216 Å². The van der Waals surface area contributed by atoms with Crippen molar-refractivity contribution in [2.45, 2.75) is 114 Å². The molecular weight excluding hydrogens is 438 g/mol. The second-order valence-corrected chi connectivity index (χ2v) is 8.07. The molecule has 204 valence electrons. The highest BCUT2D eigenvalue weighted by Crippen LogP contribution is 2.22. The van der Waals surface area contributed by atoms with Crippen LogP contribution in [0, 0.1) is 0 Å². The van der Waals surface area contributed by atoms with E-state index in [1.54, 1.807) is 13.8 Å². The molecule has 2 aliphatic rings. The first-order valence-corrected chi connectivity index (χ1v) is 13.4. The summed E-state index contributed by atoms with van der Waals surface area (Å²) >= 11 is 0. The molecule has 2 atom stereocenters. The normalized spacial score (nSPS) is 18.9. The van der Waals surface area contributed by atoms with Gasteiger partial charge in [-0.05, 0) is 59.0 Å². The van der Waals surface area contributed by atoms with Gasteiger partial charge in [-0.3, -0.25) is 14.4 Å². The molecule has 2 heterocycles. The second kappa shape index (κ2) is 24.7. The zero-order valence-corrected chi connectivity index (χ0v) is 24.6. The molecule has 2 unspecified atom stereocenters. The van der Waals surface area contributed by atoms with Crippen molar-refractivity contribution in [2.75, 3.05) is 19.6 Å². The van der Waals surface area contributed by atoms with Gasteiger partial charge in [0.05, 0.1) is 0 Å². The van der Waals surface area contributed by atoms with Crippen LogP contribution in [0.25, 0.3) is 0 Å². The molecule has 0 aromatic heterocycles. The Balaban J connectivity index is -0.000000417. The molecule has 2 aliphatic heterocycles. The molecule has 1 N–H and O–H groups in total. The van der Waals surface area contributed by atoms with Gasteiger partial charge < -0.3 is 15.1 Å². The van der Waals surface area contributed by atoms with Gasteiger partial charge in [0.25, 0.3) is 0 Å². The number of nitrogens with one attached hydrogen (secondary N) is 1. The molecule has 0 bridgehead atoms. The van der Waals surface area contributed by atoms with Crippen LogP contribution >= 0.6 is 0 Å². The van der Waals surface area contributed by atoms with Gasteiger partial charge in [0, 0.05) is 52.5 Å². The Hall–Kier alpha value is -2.37. The van der Waals surface area contributed by atoms with Crippen LogP contribution in [0.4, 0.5) is 0 Å². The van der Waals surface area contributed by atoms with E-state index < -0.39 is 0 Å². The summed E-state index contributed by atoms with van der Waals surface area (Å²) in [6, 6.07) is 0.931. The summed E-state index contributed by atoms with van der Waals surface area (Å²) in [5, 5.41) is 2.74. The molecule has 0 spiro atoms. The number of amides is 3. The van der Waals surface area contributed by atoms with Crippen molar-refractivity contribution in [1.82, 2.24) is 15.1 Å². The molecule has 0 aliphatic carbocycles. The van der Waals surface area contributed by atoms with Gasteiger partial charge in [-0.25, -0.2) is 0 Å². The summed E-state index contributed by atoms with van der Waals surface area (Å²) in [4.78, 5) is 36.0. The van der Waals surface area contributed by atoms with Crippen molar-refractivity contribution in [2.24, 2.45) is 0 Å². The van der Waals surface area contributed by atoms with Crippen LogP contribution in [0.15, 0.2) is 36.0 Å². The number of rotatable bonds is 4. The zero-order valence-electron chi connectivity index (χ0n) is 24.6. The van der Waals surface area contributed by atoms with Crippen molar-refractivity contribution >= 4 is 17.7 Å². The Morgan fingerprint density at radius 2 is 1.31 bits per heavy atom. The van der Waals surface area contributed by atoms with Crippen LogP contribution in [0.5, 0.6) is 0 Å². The summed E-state index contributed by atoms with van der Waals surface area (Å²) in [6.07, 6.45) is 14.6. The van der Waals surface area contributed by atoms with Gasteiger partial charge >= 0.3 is 0 Å². The summed E-state index contributed by atoms with van der Waals surface area (Å²) in [5.74, 6) is 0.443. The van der Waals surface area contributed by atoms with E-state index in [9.17, 15) is 14.4 Å². The largest absolute Gasteiger partial charge is 0.352 e. The minimum atomic E-state index is -0.00113. The topological polar surface area (TPSA) is 69.7 Å². The fourth-order valence-corrected chi connectivity index (χ4v) is 3.62. The minimum absolute atomic E-state index is 0.00113. The SMILES string of the molecule is CC.CC.CC(=O)N1C(C)CCC1C.CC(=O)N1CCCC1.C\C=C/C=C\C(=C\C)CNC(C)=O. The van der Waals surface area contributed by atoms with E-state index in [-0.39, 0.29) is 17.7 Å². The van der Waals surface area contributed by atoms with Crippen molar-refractivity contribution in [3.63, 3.8) is 0 Å². The molecule has 2 saturated heterocycles. The maximum absolute atomic E-state index is 11.0. The lowest BCUT2D eigenvalue weighted by atomic mass is 10.2. The highest BCUT2D eigenvalue weighted by atomic mass is 16.2. The van der Waals surface area contributed by atoms with Gasteiger partial charge in [-0.15, -0.1) is 0 Å². The lowest BCUT2D eigenvalue weighted by Crippen LogP contribution is -2.36. The Kier molecular flexibility index (Phi) is 26.3. The zero-order chi connectivity index (χ0) is 27.8. The molecule has 0 aromatic rings. The minimum Gasteiger partial charge on any atom is -0.352 e. The molecule has 0 saturated carbocycles. The Bertz CT molecular complexity index is 638. The van der Waals surface area contributed by atoms with E-state index in [0.717, 1.165) is 18.7 Å². The molecule has 6 heteroatoms. The van der Waals surface area contributed by atoms with Crippen LogP contribution in [-0.2, 0) is 14.4 Å². The first kappa shape index (κ1) is 37.2. The number of allylic oxidation sites excluding steroid dienone is 4. The van der Waals surface area contributed by atoms with E-state index in [4.69, 9.17) is 0 Å². The fourth-order valence-electron chi connectivity index (χ4n) is 3.62. The molecular formula is C29H55N3O3. The lowest BCUT2D eigenvalue weighted by Gasteiger charge is -2.24. The number of carbonyl (C=O) groups is 3. The number of nitrogens with zero attached hydrogens (tertiary/aromatic N) is 2. The number of hydrogen-bond donors (Lipinski definition) is 1. The number of likely N-dealkylation sites (tertiary alicyclic amines) is 2. The third kappa shape index (κ3) is 19.6. The average molecular weight is 494 g/mol. The molecule has 0 aromatic carbocycles. The third-order valence-corrected chi connectivity index (χ3v) is 5.39. The van der Waals surface area contributed by atoms with Crippen LogP contribution in [0.2, 0.25) is 0 Å². The van der Waals surface area contributed by atoms with Crippen molar-refractivity contribution in [1.29, 1.82) is 0 Å². The quantitative estimate of drug-likeness (QED) is 0.468. The monoisotopic (exact) mass is 493 g/mol. The number of hydrogen-bond acceptors (Lipinski definition) is 3. The van der Waals surface area contributed by atoms with Gasteiger partial charge in [0.2, 0.25) is 17.7 Å². The molecule has 2 fully saturated rings. The number of carbonyl (C=O) groups excluding carboxylic acids is 3. The van der Waals surface area contributed by atoms with Gasteiger partial charge in [-0.2, -0.15) is 0 Å². The smallest absolute Gasteiger partial charge is 0.219 e. The molecule has 6 nitrogen and oxygen atoms in total. The summed E-state index contributed by atoms with van der Waals surface area (Å²) in [6.45, 7) is 23.5. The maximum atomic E-state index is 11.0. The fraction of sp³-hybridized carbons (Fsp3) is 0.690. The lowest BCUT2D eigenvalue weighted by molar-refractivity contribution is -0.131. The van der Waals surface area contributed by atoms with Gasteiger partial charge in [0.15, 0.2) is 0 Å². The van der Waals surface area contributed by atoms with Crippen molar-refractivity contribution < 1.29 is 14.4 Å². The van der Waals surface area contributed by atoms with Gasteiger partial charge in [-0.1, -0.05) is 58.1 Å². The standard InChI is InChI=1S/C11H17NO.C8H15NO.C6H11NO.2C2H6/c1-4-6-7-8-11(5-2)9-12-10(3)13;1-6-4-5-7(2)9(6)8(3)10;1-6(8)7-4-2-3-5-7;2*1-2/h4-8H,9H2,1-3H3,(H,12,13);6-7H,4-5H2,1-3H3;2-5H2,1H3;2*1-2H3/b6-4-,8-7-,11-5-;;;;. The van der Waals surface area contributed by atoms with E-state index in [1.807, 2.05) is 81.7 Å². The summed E-state index contributed by atoms with van der Waals surface area (Å²) < 4.78 is 0. The van der Waals surface area contributed by atoms with Crippen LogP contribution in [0.3, 0.4) is 0 Å². The average Bonchev–Trinajstić information content (AvgIpc) is 3.50. The van der Waals surface area contributed by atoms with Crippen LogP contribution in [-0.4, -0.2) is 59.2 Å². The van der Waals surface area contributed by atoms with E-state index in [1.165, 1.54) is 32.6 Å². The summed E-state index contributed by atoms with van der Waals surface area (Å²) in [7, 11) is 0. The molecule has 35 heavy (non-hydrogen) atoms. The summed E-state index contributed by atoms with van der Waals surface area (Å²) in [5.41, 5.74) is 1.10. The first-order valence-electron chi connectivity index (χ1n) is 13.4. The van der Waals surface area contributed by atoms with Crippen molar-refractivity contribution in [3.8, 4) is 0 Å². The highest BCUT2D eigenvalue weighted by molar-refractivity contribution is 5.74. The second-order valence-electron chi connectivity index (χ2n) is 8.07.